The molecular formula is C9H14N3. The van der Waals surface area contributed by atoms with Crippen molar-refractivity contribution < 1.29 is 0 Å². The van der Waals surface area contributed by atoms with Gasteiger partial charge < -0.3 is 10.2 Å². The van der Waals surface area contributed by atoms with Crippen molar-refractivity contribution in [2.24, 2.45) is 0 Å². The van der Waals surface area contributed by atoms with Gasteiger partial charge >= 0.3 is 0 Å². The van der Waals surface area contributed by atoms with E-state index in [-0.39, 0.29) is 0 Å². The first kappa shape index (κ1) is 9.00. The number of anilines is 1. The van der Waals surface area contributed by atoms with Crippen molar-refractivity contribution in [1.82, 2.24) is 9.88 Å². The van der Waals surface area contributed by atoms with Gasteiger partial charge in [0.25, 0.3) is 0 Å². The molecule has 1 N–H and O–H groups in total. The summed E-state index contributed by atoms with van der Waals surface area (Å²) >= 11 is 0. The van der Waals surface area contributed by atoms with Crippen LogP contribution >= 0.6 is 0 Å². The van der Waals surface area contributed by atoms with Crippen LogP contribution in [0.1, 0.15) is 0 Å². The van der Waals surface area contributed by atoms with Gasteiger partial charge in [-0.3, -0.25) is 0 Å². The minimum atomic E-state index is 0.819. The first-order valence-electron chi connectivity index (χ1n) is 4.00. The summed E-state index contributed by atoms with van der Waals surface area (Å²) in [5.74, 6) is 0.819. The molecule has 0 fully saturated rings. The van der Waals surface area contributed by atoms with Gasteiger partial charge in [0.05, 0.1) is 0 Å². The highest BCUT2D eigenvalue weighted by Crippen LogP contribution is 1.96. The van der Waals surface area contributed by atoms with E-state index in [1.807, 2.05) is 26.2 Å². The molecule has 0 saturated heterocycles. The van der Waals surface area contributed by atoms with Crippen LogP contribution in [0.2, 0.25) is 0 Å². The maximum absolute atomic E-state index is 4.09. The molecule has 0 saturated carbocycles. The lowest BCUT2D eigenvalue weighted by molar-refractivity contribution is 0.425. The van der Waals surface area contributed by atoms with Gasteiger partial charge in [-0.05, 0) is 26.2 Å². The summed E-state index contributed by atoms with van der Waals surface area (Å²) in [5.41, 5.74) is 0. The normalized spacial score (nSPS) is 10.2. The average Bonchev–Trinajstić information content (AvgIpc) is 2.05. The Hall–Kier alpha value is -1.09. The molecule has 1 radical (unpaired) electrons. The Kier molecular flexibility index (Phi) is 3.54. The molecule has 1 aromatic heterocycles. The van der Waals surface area contributed by atoms with Crippen LogP contribution < -0.4 is 5.32 Å². The topological polar surface area (TPSA) is 28.2 Å². The van der Waals surface area contributed by atoms with E-state index in [1.54, 1.807) is 6.20 Å². The van der Waals surface area contributed by atoms with Crippen LogP contribution in [0.3, 0.4) is 0 Å². The monoisotopic (exact) mass is 164 g/mol. The number of nitrogens with zero attached hydrogens (tertiary/aromatic N) is 2. The highest BCUT2D eigenvalue weighted by Gasteiger charge is 1.91. The van der Waals surface area contributed by atoms with Crippen molar-refractivity contribution in [2.45, 2.75) is 0 Å². The van der Waals surface area contributed by atoms with Gasteiger partial charge in [-0.2, -0.15) is 0 Å². The maximum atomic E-state index is 4.09. The fourth-order valence-corrected chi connectivity index (χ4v) is 0.820. The third-order valence-electron chi connectivity index (χ3n) is 1.46. The molecule has 12 heavy (non-hydrogen) atoms. The Balaban J connectivity index is 2.25. The Morgan fingerprint density at radius 1 is 1.58 bits per heavy atom. The average molecular weight is 164 g/mol. The van der Waals surface area contributed by atoms with Crippen LogP contribution in [0.15, 0.2) is 18.3 Å². The van der Waals surface area contributed by atoms with Crippen LogP contribution in [-0.2, 0) is 0 Å². The Morgan fingerprint density at radius 3 is 3.00 bits per heavy atom. The summed E-state index contributed by atoms with van der Waals surface area (Å²) in [6.45, 7) is 1.91. The van der Waals surface area contributed by atoms with Crippen molar-refractivity contribution >= 4 is 5.82 Å². The standard InChI is InChI=1S/C9H14N3/c1-12(2)8-7-11-9-5-3-4-6-10-9/h3-4,6H,7-8H2,1-2H3,(H,10,11). The fourth-order valence-electron chi connectivity index (χ4n) is 0.820. The molecule has 0 atom stereocenters. The zero-order chi connectivity index (χ0) is 8.81. The van der Waals surface area contributed by atoms with Gasteiger partial charge in [0.15, 0.2) is 0 Å². The van der Waals surface area contributed by atoms with E-state index >= 15 is 0 Å². The molecular weight excluding hydrogens is 150 g/mol. The second-order valence-corrected chi connectivity index (χ2v) is 2.86. The van der Waals surface area contributed by atoms with Crippen molar-refractivity contribution in [3.63, 3.8) is 0 Å². The summed E-state index contributed by atoms with van der Waals surface area (Å²) in [6.07, 6.45) is 1.76. The molecule has 65 valence electrons. The number of aromatic nitrogens is 1. The number of pyridine rings is 1. The number of nitrogens with one attached hydrogen (secondary N) is 1. The number of likely N-dealkylation sites (N-methyl/N-ethyl adjacent to an activating group) is 1. The predicted molar refractivity (Wildman–Crippen MR) is 50.1 cm³/mol. The second-order valence-electron chi connectivity index (χ2n) is 2.86. The van der Waals surface area contributed by atoms with E-state index in [9.17, 15) is 0 Å². The fraction of sp³-hybridized carbons (Fsp3) is 0.444. The van der Waals surface area contributed by atoms with Gasteiger partial charge in [-0.1, -0.05) is 0 Å². The molecule has 1 heterocycles. The van der Waals surface area contributed by atoms with E-state index in [0.29, 0.717) is 0 Å². The molecule has 0 aliphatic heterocycles. The zero-order valence-electron chi connectivity index (χ0n) is 7.54. The SMILES string of the molecule is CN(C)CCNc1[c]cccn1. The molecule has 0 aliphatic rings. The third-order valence-corrected chi connectivity index (χ3v) is 1.46. The largest absolute Gasteiger partial charge is 0.368 e. The van der Waals surface area contributed by atoms with Gasteiger partial charge in [-0.25, -0.2) is 4.98 Å². The maximum Gasteiger partial charge on any atom is 0.133 e. The van der Waals surface area contributed by atoms with E-state index in [0.717, 1.165) is 18.9 Å². The van der Waals surface area contributed by atoms with Crippen LogP contribution in [0.25, 0.3) is 0 Å². The van der Waals surface area contributed by atoms with E-state index in [4.69, 9.17) is 0 Å². The van der Waals surface area contributed by atoms with Gasteiger partial charge in [0.2, 0.25) is 0 Å². The summed E-state index contributed by atoms with van der Waals surface area (Å²) in [7, 11) is 4.09. The van der Waals surface area contributed by atoms with Crippen LogP contribution in [-0.4, -0.2) is 37.1 Å². The second kappa shape index (κ2) is 4.72. The van der Waals surface area contributed by atoms with Crippen molar-refractivity contribution in [3.05, 3.63) is 24.4 Å². The molecule has 1 aromatic rings. The van der Waals surface area contributed by atoms with Gasteiger partial charge in [-0.15, -0.1) is 0 Å². The molecule has 0 amide bonds. The first-order valence-corrected chi connectivity index (χ1v) is 4.00. The Bertz CT molecular complexity index is 208. The smallest absolute Gasteiger partial charge is 0.133 e. The molecule has 1 rings (SSSR count). The predicted octanol–water partition coefficient (Wildman–Crippen LogP) is 0.855. The molecule has 3 heteroatoms. The quantitative estimate of drug-likeness (QED) is 0.715. The molecule has 0 aliphatic carbocycles. The lowest BCUT2D eigenvalue weighted by atomic mass is 10.4. The minimum Gasteiger partial charge on any atom is -0.368 e. The number of rotatable bonds is 4. The zero-order valence-corrected chi connectivity index (χ0v) is 7.54. The van der Waals surface area contributed by atoms with E-state index in [2.05, 4.69) is 21.3 Å². The van der Waals surface area contributed by atoms with E-state index in [1.165, 1.54) is 0 Å². The van der Waals surface area contributed by atoms with Crippen LogP contribution in [0, 0.1) is 6.07 Å². The van der Waals surface area contributed by atoms with Crippen LogP contribution in [0.4, 0.5) is 5.82 Å². The van der Waals surface area contributed by atoms with Crippen molar-refractivity contribution in [3.8, 4) is 0 Å². The Labute approximate surface area is 73.4 Å². The molecule has 0 aromatic carbocycles. The third kappa shape index (κ3) is 3.34. The number of hydrogen-bond donors (Lipinski definition) is 1. The Morgan fingerprint density at radius 2 is 2.42 bits per heavy atom. The molecule has 0 spiro atoms. The highest BCUT2D eigenvalue weighted by molar-refractivity contribution is 5.31. The van der Waals surface area contributed by atoms with Crippen LogP contribution in [0.5, 0.6) is 0 Å². The highest BCUT2D eigenvalue weighted by atomic mass is 15.1. The summed E-state index contributed by atoms with van der Waals surface area (Å²) < 4.78 is 0. The molecule has 0 unspecified atom stereocenters. The van der Waals surface area contributed by atoms with Gasteiger partial charge in [0.1, 0.15) is 5.82 Å². The summed E-state index contributed by atoms with van der Waals surface area (Å²) in [6, 6.07) is 6.71. The summed E-state index contributed by atoms with van der Waals surface area (Å²) in [4.78, 5) is 6.21. The summed E-state index contributed by atoms with van der Waals surface area (Å²) in [5, 5.41) is 3.17. The lowest BCUT2D eigenvalue weighted by Crippen LogP contribution is -2.21. The van der Waals surface area contributed by atoms with E-state index < -0.39 is 0 Å². The number of hydrogen-bond acceptors (Lipinski definition) is 3. The minimum absolute atomic E-state index is 0.819. The van der Waals surface area contributed by atoms with Crippen molar-refractivity contribution in [2.75, 3.05) is 32.5 Å². The first-order chi connectivity index (χ1) is 5.79. The molecule has 3 nitrogen and oxygen atoms in total. The van der Waals surface area contributed by atoms with Gasteiger partial charge in [0, 0.05) is 25.4 Å². The van der Waals surface area contributed by atoms with Crippen molar-refractivity contribution in [1.29, 1.82) is 0 Å². The lowest BCUT2D eigenvalue weighted by Gasteiger charge is -2.09. The molecule has 0 bridgehead atoms.